The molecule has 4 nitrogen and oxygen atoms in total. The van der Waals surface area contributed by atoms with Crippen molar-refractivity contribution in [1.29, 1.82) is 0 Å². The first kappa shape index (κ1) is 13.0. The fourth-order valence-electron chi connectivity index (χ4n) is 2.19. The van der Waals surface area contributed by atoms with Crippen LogP contribution in [0.3, 0.4) is 0 Å². The number of carbonyl (C=O) groups excluding carboxylic acids is 1. The molecule has 16 heavy (non-hydrogen) atoms. The maximum absolute atomic E-state index is 11.2. The number of alkyl carbamates (subject to hydrolysis) is 1. The molecule has 1 saturated carbocycles. The zero-order chi connectivity index (χ0) is 11.8. The van der Waals surface area contributed by atoms with Crippen molar-refractivity contribution in [2.45, 2.75) is 25.7 Å². The number of nitrogens with one attached hydrogen (secondary N) is 1. The minimum Gasteiger partial charge on any atom is -0.445 e. The molecule has 1 aliphatic carbocycles. The molecule has 0 radical (unpaired) electrons. The molecule has 0 aliphatic heterocycles. The quantitative estimate of drug-likeness (QED) is 0.703. The molecule has 0 aromatic heterocycles. The Balaban J connectivity index is 2.24. The molecule has 1 rings (SSSR count). The molecule has 1 aliphatic rings. The normalized spacial score (nSPS) is 24.8. The van der Waals surface area contributed by atoms with E-state index in [4.69, 9.17) is 4.74 Å². The van der Waals surface area contributed by atoms with Gasteiger partial charge in [0.15, 0.2) is 0 Å². The van der Waals surface area contributed by atoms with Gasteiger partial charge in [0.1, 0.15) is 6.61 Å². The van der Waals surface area contributed by atoms with Crippen molar-refractivity contribution in [3.8, 4) is 0 Å². The van der Waals surface area contributed by atoms with Crippen LogP contribution < -0.4 is 5.32 Å². The molecule has 0 spiro atoms. The van der Waals surface area contributed by atoms with Gasteiger partial charge in [0.05, 0.1) is 0 Å². The summed E-state index contributed by atoms with van der Waals surface area (Å²) in [5, 5.41) is 11.9. The van der Waals surface area contributed by atoms with Crippen molar-refractivity contribution < 1.29 is 14.6 Å². The van der Waals surface area contributed by atoms with E-state index in [1.54, 1.807) is 0 Å². The maximum atomic E-state index is 11.2. The Morgan fingerprint density at radius 2 is 2.12 bits per heavy atom. The van der Waals surface area contributed by atoms with E-state index in [2.05, 4.69) is 11.9 Å². The van der Waals surface area contributed by atoms with Crippen molar-refractivity contribution in [3.63, 3.8) is 0 Å². The second-order valence-electron chi connectivity index (χ2n) is 4.26. The second kappa shape index (κ2) is 7.28. The SMILES string of the molecule is C=CCOC(=O)NCC1CCCCC1CO. The molecule has 1 fully saturated rings. The van der Waals surface area contributed by atoms with Crippen LogP contribution in [-0.4, -0.2) is 31.0 Å². The Hall–Kier alpha value is -1.03. The maximum Gasteiger partial charge on any atom is 0.407 e. The molecule has 0 heterocycles. The van der Waals surface area contributed by atoms with E-state index >= 15 is 0 Å². The molecule has 4 heteroatoms. The van der Waals surface area contributed by atoms with Gasteiger partial charge in [0.2, 0.25) is 0 Å². The summed E-state index contributed by atoms with van der Waals surface area (Å²) in [7, 11) is 0. The van der Waals surface area contributed by atoms with E-state index in [1.807, 2.05) is 0 Å². The average molecular weight is 227 g/mol. The molecule has 1 amide bonds. The molecule has 0 aromatic rings. The van der Waals surface area contributed by atoms with Crippen molar-refractivity contribution in [2.75, 3.05) is 19.8 Å². The van der Waals surface area contributed by atoms with Crippen molar-refractivity contribution in [1.82, 2.24) is 5.32 Å². The molecule has 92 valence electrons. The molecular formula is C12H21NO3. The Bertz CT molecular complexity index is 230. The summed E-state index contributed by atoms with van der Waals surface area (Å²) in [6, 6.07) is 0. The zero-order valence-electron chi connectivity index (χ0n) is 9.65. The summed E-state index contributed by atoms with van der Waals surface area (Å²) in [4.78, 5) is 11.2. The van der Waals surface area contributed by atoms with E-state index in [1.165, 1.54) is 18.9 Å². The Labute approximate surface area is 96.7 Å². The predicted octanol–water partition coefficient (Wildman–Crippen LogP) is 1.70. The van der Waals surface area contributed by atoms with Crippen LogP contribution in [0.15, 0.2) is 12.7 Å². The van der Waals surface area contributed by atoms with Gasteiger partial charge in [-0.1, -0.05) is 25.5 Å². The molecule has 2 atom stereocenters. The minimum atomic E-state index is -0.401. The lowest BCUT2D eigenvalue weighted by molar-refractivity contribution is 0.124. The van der Waals surface area contributed by atoms with E-state index in [-0.39, 0.29) is 13.2 Å². The zero-order valence-corrected chi connectivity index (χ0v) is 9.65. The molecule has 2 unspecified atom stereocenters. The van der Waals surface area contributed by atoms with Crippen molar-refractivity contribution >= 4 is 6.09 Å². The fraction of sp³-hybridized carbons (Fsp3) is 0.750. The molecular weight excluding hydrogens is 206 g/mol. The van der Waals surface area contributed by atoms with Crippen LogP contribution in [0.4, 0.5) is 4.79 Å². The summed E-state index contributed by atoms with van der Waals surface area (Å²) in [5.74, 6) is 0.712. The topological polar surface area (TPSA) is 58.6 Å². The van der Waals surface area contributed by atoms with Gasteiger partial charge in [-0.15, -0.1) is 0 Å². The highest BCUT2D eigenvalue weighted by Crippen LogP contribution is 2.28. The van der Waals surface area contributed by atoms with Crippen LogP contribution in [0.1, 0.15) is 25.7 Å². The number of aliphatic hydroxyl groups is 1. The summed E-state index contributed by atoms with van der Waals surface area (Å²) in [6.45, 7) is 4.52. The third-order valence-corrected chi connectivity index (χ3v) is 3.14. The van der Waals surface area contributed by atoms with Crippen LogP contribution in [0.25, 0.3) is 0 Å². The third-order valence-electron chi connectivity index (χ3n) is 3.14. The molecule has 0 aromatic carbocycles. The molecule has 0 saturated heterocycles. The number of ether oxygens (including phenoxy) is 1. The Kier molecular flexibility index (Phi) is 5.93. The average Bonchev–Trinajstić information content (AvgIpc) is 2.34. The largest absolute Gasteiger partial charge is 0.445 e. The van der Waals surface area contributed by atoms with Gasteiger partial charge in [0, 0.05) is 13.2 Å². The van der Waals surface area contributed by atoms with E-state index in [9.17, 15) is 9.90 Å². The van der Waals surface area contributed by atoms with Crippen LogP contribution in [0.5, 0.6) is 0 Å². The van der Waals surface area contributed by atoms with Crippen molar-refractivity contribution in [2.24, 2.45) is 11.8 Å². The van der Waals surface area contributed by atoms with Gasteiger partial charge in [-0.3, -0.25) is 0 Å². The third kappa shape index (κ3) is 4.23. The van der Waals surface area contributed by atoms with Gasteiger partial charge in [-0.05, 0) is 24.7 Å². The highest BCUT2D eigenvalue weighted by Gasteiger charge is 2.24. The van der Waals surface area contributed by atoms with Crippen LogP contribution in [-0.2, 0) is 4.74 Å². The Morgan fingerprint density at radius 1 is 1.44 bits per heavy atom. The highest BCUT2D eigenvalue weighted by atomic mass is 16.5. The van der Waals surface area contributed by atoms with Crippen LogP contribution in [0.2, 0.25) is 0 Å². The van der Waals surface area contributed by atoms with Crippen LogP contribution in [0, 0.1) is 11.8 Å². The first-order valence-electron chi connectivity index (χ1n) is 5.90. The minimum absolute atomic E-state index is 0.216. The second-order valence-corrected chi connectivity index (χ2v) is 4.26. The fourth-order valence-corrected chi connectivity index (χ4v) is 2.19. The van der Waals surface area contributed by atoms with Crippen LogP contribution >= 0.6 is 0 Å². The first-order chi connectivity index (χ1) is 7.77. The summed E-state index contributed by atoms with van der Waals surface area (Å²) < 4.78 is 4.82. The standard InChI is InChI=1S/C12H21NO3/c1-2-7-16-12(15)13-8-10-5-3-4-6-11(10)9-14/h2,10-11,14H,1,3-9H2,(H,13,15). The van der Waals surface area contributed by atoms with Gasteiger partial charge in [-0.25, -0.2) is 4.79 Å². The van der Waals surface area contributed by atoms with Crippen molar-refractivity contribution in [3.05, 3.63) is 12.7 Å². The number of carbonyl (C=O) groups is 1. The summed E-state index contributed by atoms with van der Waals surface area (Å²) in [5.41, 5.74) is 0. The summed E-state index contributed by atoms with van der Waals surface area (Å²) in [6.07, 6.45) is 5.64. The lowest BCUT2D eigenvalue weighted by Crippen LogP contribution is -2.35. The lowest BCUT2D eigenvalue weighted by atomic mass is 9.80. The smallest absolute Gasteiger partial charge is 0.407 e. The number of hydrogen-bond donors (Lipinski definition) is 2. The van der Waals surface area contributed by atoms with E-state index in [0.717, 1.165) is 12.8 Å². The Morgan fingerprint density at radius 3 is 2.75 bits per heavy atom. The number of aliphatic hydroxyl groups excluding tert-OH is 1. The van der Waals surface area contributed by atoms with Gasteiger partial charge >= 0.3 is 6.09 Å². The molecule has 0 bridgehead atoms. The summed E-state index contributed by atoms with van der Waals surface area (Å²) >= 11 is 0. The van der Waals surface area contributed by atoms with Gasteiger partial charge < -0.3 is 15.2 Å². The highest BCUT2D eigenvalue weighted by molar-refractivity contribution is 5.67. The monoisotopic (exact) mass is 227 g/mol. The van der Waals surface area contributed by atoms with E-state index < -0.39 is 6.09 Å². The first-order valence-corrected chi connectivity index (χ1v) is 5.90. The van der Waals surface area contributed by atoms with E-state index in [0.29, 0.717) is 18.4 Å². The lowest BCUT2D eigenvalue weighted by Gasteiger charge is -2.30. The van der Waals surface area contributed by atoms with Gasteiger partial charge in [-0.2, -0.15) is 0 Å². The number of rotatable bonds is 5. The number of amides is 1. The van der Waals surface area contributed by atoms with Gasteiger partial charge in [0.25, 0.3) is 0 Å². The predicted molar refractivity (Wildman–Crippen MR) is 62.1 cm³/mol. The number of hydrogen-bond acceptors (Lipinski definition) is 3. The molecule has 2 N–H and O–H groups in total.